The minimum Gasteiger partial charge on any atom is -0.380 e. The zero-order chi connectivity index (χ0) is 12.6. The van der Waals surface area contributed by atoms with Gasteiger partial charge in [-0.05, 0) is 37.8 Å². The van der Waals surface area contributed by atoms with Gasteiger partial charge in [-0.1, -0.05) is 12.1 Å². The molecule has 0 bridgehead atoms. The van der Waals surface area contributed by atoms with E-state index in [-0.39, 0.29) is 5.91 Å². The predicted molar refractivity (Wildman–Crippen MR) is 68.1 cm³/mol. The lowest BCUT2D eigenvalue weighted by molar-refractivity contribution is -0.133. The Morgan fingerprint density at radius 2 is 2.06 bits per heavy atom. The van der Waals surface area contributed by atoms with E-state index in [4.69, 9.17) is 0 Å². The Morgan fingerprint density at radius 1 is 1.33 bits per heavy atom. The van der Waals surface area contributed by atoms with Crippen molar-refractivity contribution in [1.29, 1.82) is 0 Å². The number of aliphatic hydroxyl groups is 1. The Bertz CT molecular complexity index is 552. The van der Waals surface area contributed by atoms with Crippen molar-refractivity contribution in [3.63, 3.8) is 0 Å². The van der Waals surface area contributed by atoms with Crippen LogP contribution in [0.1, 0.15) is 25.7 Å². The Balaban J connectivity index is 1.81. The van der Waals surface area contributed by atoms with E-state index in [0.29, 0.717) is 18.8 Å². The van der Waals surface area contributed by atoms with E-state index in [0.717, 1.165) is 23.9 Å². The van der Waals surface area contributed by atoms with E-state index < -0.39 is 5.60 Å². The lowest BCUT2D eigenvalue weighted by atomic mass is 10.0. The fourth-order valence-electron chi connectivity index (χ4n) is 2.42. The molecule has 0 atom stereocenters. The number of amides is 1. The molecular formula is C13H15N3O2. The molecule has 1 heterocycles. The molecule has 2 aromatic rings. The molecule has 94 valence electrons. The van der Waals surface area contributed by atoms with Gasteiger partial charge in [-0.2, -0.15) is 0 Å². The number of imidazole rings is 1. The predicted octanol–water partition coefficient (Wildman–Crippen LogP) is 1.81. The van der Waals surface area contributed by atoms with Gasteiger partial charge in [-0.25, -0.2) is 4.98 Å². The first-order valence-electron chi connectivity index (χ1n) is 6.16. The lowest BCUT2D eigenvalue weighted by Crippen LogP contribution is -2.40. The molecule has 1 fully saturated rings. The Labute approximate surface area is 104 Å². The van der Waals surface area contributed by atoms with Gasteiger partial charge in [0.15, 0.2) is 0 Å². The molecule has 3 rings (SSSR count). The van der Waals surface area contributed by atoms with Crippen LogP contribution >= 0.6 is 0 Å². The van der Waals surface area contributed by atoms with Gasteiger partial charge in [0.2, 0.25) is 5.95 Å². The number of nitrogens with one attached hydrogen (secondary N) is 2. The molecule has 0 unspecified atom stereocenters. The quantitative estimate of drug-likeness (QED) is 0.755. The third kappa shape index (κ3) is 1.86. The molecule has 5 nitrogen and oxygen atoms in total. The Morgan fingerprint density at radius 3 is 2.78 bits per heavy atom. The van der Waals surface area contributed by atoms with Gasteiger partial charge in [0.05, 0.1) is 11.0 Å². The van der Waals surface area contributed by atoms with Crippen LogP contribution < -0.4 is 5.32 Å². The van der Waals surface area contributed by atoms with Crippen LogP contribution in [-0.2, 0) is 4.79 Å². The second kappa shape index (κ2) is 4.10. The molecule has 3 N–H and O–H groups in total. The summed E-state index contributed by atoms with van der Waals surface area (Å²) < 4.78 is 0. The number of rotatable bonds is 2. The molecule has 1 saturated carbocycles. The molecular weight excluding hydrogens is 230 g/mol. The second-order valence-corrected chi connectivity index (χ2v) is 4.80. The molecule has 0 aliphatic heterocycles. The largest absolute Gasteiger partial charge is 0.380 e. The smallest absolute Gasteiger partial charge is 0.258 e. The van der Waals surface area contributed by atoms with E-state index >= 15 is 0 Å². The van der Waals surface area contributed by atoms with E-state index in [1.807, 2.05) is 24.3 Å². The fourth-order valence-corrected chi connectivity index (χ4v) is 2.42. The van der Waals surface area contributed by atoms with Gasteiger partial charge in [-0.3, -0.25) is 10.1 Å². The van der Waals surface area contributed by atoms with E-state index in [1.165, 1.54) is 0 Å². The summed E-state index contributed by atoms with van der Waals surface area (Å²) in [5.41, 5.74) is 0.441. The molecule has 1 aromatic heterocycles. The molecule has 0 radical (unpaired) electrons. The summed E-state index contributed by atoms with van der Waals surface area (Å²) in [6.45, 7) is 0. The van der Waals surface area contributed by atoms with E-state index in [9.17, 15) is 9.90 Å². The van der Waals surface area contributed by atoms with E-state index in [1.54, 1.807) is 0 Å². The standard InChI is InChI=1S/C13H15N3O2/c17-11(13(18)7-3-4-8-13)16-12-14-9-5-1-2-6-10(9)15-12/h1-2,5-6,18H,3-4,7-8H2,(H2,14,15,16,17). The zero-order valence-corrected chi connectivity index (χ0v) is 9.94. The number of nitrogens with zero attached hydrogens (tertiary/aromatic N) is 1. The summed E-state index contributed by atoms with van der Waals surface area (Å²) in [7, 11) is 0. The third-order valence-corrected chi connectivity index (χ3v) is 3.47. The van der Waals surface area contributed by atoms with Crippen LogP contribution in [0.5, 0.6) is 0 Å². The number of fused-ring (bicyclic) bond motifs is 1. The number of H-pyrrole nitrogens is 1. The maximum absolute atomic E-state index is 12.0. The van der Waals surface area contributed by atoms with Crippen LogP contribution in [0.4, 0.5) is 5.95 Å². The first-order valence-corrected chi connectivity index (χ1v) is 6.16. The SMILES string of the molecule is O=C(Nc1nc2ccccc2[nH]1)C1(O)CCCC1. The highest BCUT2D eigenvalue weighted by molar-refractivity contribution is 5.97. The summed E-state index contributed by atoms with van der Waals surface area (Å²) in [5, 5.41) is 12.8. The maximum atomic E-state index is 12.0. The van der Waals surface area contributed by atoms with Crippen LogP contribution in [0, 0.1) is 0 Å². The van der Waals surface area contributed by atoms with Crippen molar-refractivity contribution in [3.05, 3.63) is 24.3 Å². The van der Waals surface area contributed by atoms with Crippen molar-refractivity contribution in [1.82, 2.24) is 9.97 Å². The van der Waals surface area contributed by atoms with Crippen molar-refractivity contribution in [2.45, 2.75) is 31.3 Å². The normalized spacial score (nSPS) is 18.1. The minimum absolute atomic E-state index is 0.362. The van der Waals surface area contributed by atoms with Crippen molar-refractivity contribution in [3.8, 4) is 0 Å². The molecule has 0 saturated heterocycles. The van der Waals surface area contributed by atoms with Crippen LogP contribution in [0.3, 0.4) is 0 Å². The summed E-state index contributed by atoms with van der Waals surface area (Å²) in [5.74, 6) is 0.0283. The Kier molecular flexibility index (Phi) is 2.56. The molecule has 1 aliphatic rings. The molecule has 18 heavy (non-hydrogen) atoms. The first kappa shape index (κ1) is 11.2. The van der Waals surface area contributed by atoms with E-state index in [2.05, 4.69) is 15.3 Å². The summed E-state index contributed by atoms with van der Waals surface area (Å²) in [4.78, 5) is 19.3. The number of carbonyl (C=O) groups excluding carboxylic acids is 1. The molecule has 1 amide bonds. The van der Waals surface area contributed by atoms with Gasteiger partial charge < -0.3 is 10.1 Å². The van der Waals surface area contributed by atoms with Crippen molar-refractivity contribution >= 4 is 22.9 Å². The number of aromatic nitrogens is 2. The molecule has 1 aromatic carbocycles. The highest BCUT2D eigenvalue weighted by Gasteiger charge is 2.39. The molecule has 0 spiro atoms. The number of benzene rings is 1. The van der Waals surface area contributed by atoms with Gasteiger partial charge in [0.1, 0.15) is 5.60 Å². The van der Waals surface area contributed by atoms with Crippen molar-refractivity contribution in [2.24, 2.45) is 0 Å². The van der Waals surface area contributed by atoms with Gasteiger partial charge in [-0.15, -0.1) is 0 Å². The van der Waals surface area contributed by atoms with Crippen LogP contribution in [-0.4, -0.2) is 26.6 Å². The number of aromatic amines is 1. The summed E-state index contributed by atoms with van der Waals surface area (Å²) in [6.07, 6.45) is 2.84. The number of hydrogen-bond acceptors (Lipinski definition) is 3. The topological polar surface area (TPSA) is 78.0 Å². The number of hydrogen-bond donors (Lipinski definition) is 3. The van der Waals surface area contributed by atoms with Gasteiger partial charge in [0, 0.05) is 0 Å². The van der Waals surface area contributed by atoms with Crippen LogP contribution in [0.2, 0.25) is 0 Å². The van der Waals surface area contributed by atoms with Gasteiger partial charge in [0.25, 0.3) is 5.91 Å². The van der Waals surface area contributed by atoms with Crippen molar-refractivity contribution < 1.29 is 9.90 Å². The summed E-state index contributed by atoms with van der Waals surface area (Å²) >= 11 is 0. The average molecular weight is 245 g/mol. The first-order chi connectivity index (χ1) is 8.67. The highest BCUT2D eigenvalue weighted by atomic mass is 16.3. The fraction of sp³-hybridized carbons (Fsp3) is 0.385. The monoisotopic (exact) mass is 245 g/mol. The lowest BCUT2D eigenvalue weighted by Gasteiger charge is -2.19. The number of carbonyl (C=O) groups is 1. The average Bonchev–Trinajstić information content (AvgIpc) is 2.95. The molecule has 1 aliphatic carbocycles. The number of anilines is 1. The summed E-state index contributed by atoms with van der Waals surface area (Å²) in [6, 6.07) is 7.55. The number of para-hydroxylation sites is 2. The Hall–Kier alpha value is -1.88. The minimum atomic E-state index is -1.22. The van der Waals surface area contributed by atoms with Crippen molar-refractivity contribution in [2.75, 3.05) is 5.32 Å². The third-order valence-electron chi connectivity index (χ3n) is 3.47. The molecule has 5 heteroatoms. The highest BCUT2D eigenvalue weighted by Crippen LogP contribution is 2.30. The second-order valence-electron chi connectivity index (χ2n) is 4.80. The maximum Gasteiger partial charge on any atom is 0.258 e. The van der Waals surface area contributed by atoms with Crippen LogP contribution in [0.15, 0.2) is 24.3 Å². The zero-order valence-electron chi connectivity index (χ0n) is 9.94. The van der Waals surface area contributed by atoms with Crippen LogP contribution in [0.25, 0.3) is 11.0 Å². The van der Waals surface area contributed by atoms with Gasteiger partial charge >= 0.3 is 0 Å².